The topological polar surface area (TPSA) is 49.9 Å². The number of esters is 1. The van der Waals surface area contributed by atoms with Crippen molar-refractivity contribution in [2.24, 2.45) is 0 Å². The van der Waals surface area contributed by atoms with Crippen molar-refractivity contribution in [2.45, 2.75) is 61.7 Å². The lowest BCUT2D eigenvalue weighted by Crippen LogP contribution is -2.56. The summed E-state index contributed by atoms with van der Waals surface area (Å²) in [4.78, 5) is 31.0. The number of rotatable bonds is 3. The smallest absolute Gasteiger partial charge is 0.323 e. The summed E-state index contributed by atoms with van der Waals surface area (Å²) in [5.41, 5.74) is 1.54. The van der Waals surface area contributed by atoms with Crippen LogP contribution < -0.4 is 4.90 Å². The number of benzene rings is 1. The minimum atomic E-state index is -0.532. The average Bonchev–Trinajstić information content (AvgIpc) is 3.26. The number of carbonyl (C=O) groups is 2. The Morgan fingerprint density at radius 1 is 1.26 bits per heavy atom. The van der Waals surface area contributed by atoms with Gasteiger partial charge in [0, 0.05) is 16.9 Å². The first-order chi connectivity index (χ1) is 13.1. The van der Waals surface area contributed by atoms with E-state index in [9.17, 15) is 9.59 Å². The van der Waals surface area contributed by atoms with Crippen molar-refractivity contribution in [3.63, 3.8) is 0 Å². The van der Waals surface area contributed by atoms with Crippen molar-refractivity contribution in [2.75, 3.05) is 24.0 Å². The highest BCUT2D eigenvalue weighted by Crippen LogP contribution is 2.62. The molecule has 0 bridgehead atoms. The van der Waals surface area contributed by atoms with Gasteiger partial charge in [0.15, 0.2) is 0 Å². The van der Waals surface area contributed by atoms with Gasteiger partial charge in [-0.25, -0.2) is 0 Å². The standard InChI is InChI=1S/C21H26N2O3S/c1-26-17(24)16-12-20(13-27-2)14-8-4-5-9-15(14)22-18(20)23(16)21(19(22)25)10-6-3-7-11-21/h4-5,8-9,16,18H,3,6-7,10-13H2,1-2H3/t16-,18-,20+/m0/s1. The maximum absolute atomic E-state index is 13.8. The van der Waals surface area contributed by atoms with E-state index in [1.807, 2.05) is 11.0 Å². The van der Waals surface area contributed by atoms with Crippen LogP contribution in [0.15, 0.2) is 24.3 Å². The first-order valence-electron chi connectivity index (χ1n) is 9.89. The second-order valence-electron chi connectivity index (χ2n) is 8.40. The van der Waals surface area contributed by atoms with Gasteiger partial charge < -0.3 is 4.74 Å². The lowest BCUT2D eigenvalue weighted by molar-refractivity contribution is -0.149. The molecule has 3 heterocycles. The number of hydrogen-bond donors (Lipinski definition) is 0. The Morgan fingerprint density at radius 2 is 2.00 bits per heavy atom. The molecule has 3 aliphatic heterocycles. The molecule has 144 valence electrons. The van der Waals surface area contributed by atoms with E-state index in [0.717, 1.165) is 43.5 Å². The molecule has 4 aliphatic rings. The SMILES string of the molecule is COC(=O)[C@@H]1C[C@@]2(CSC)c3ccccc3N3C(=O)C4(CCCCC4)N1[C@H]32. The van der Waals surface area contributed by atoms with Crippen LogP contribution in [-0.4, -0.2) is 53.6 Å². The highest BCUT2D eigenvalue weighted by atomic mass is 32.2. The maximum atomic E-state index is 13.8. The van der Waals surface area contributed by atoms with Crippen molar-refractivity contribution in [3.05, 3.63) is 29.8 Å². The van der Waals surface area contributed by atoms with Crippen molar-refractivity contribution < 1.29 is 14.3 Å². The molecule has 27 heavy (non-hydrogen) atoms. The summed E-state index contributed by atoms with van der Waals surface area (Å²) in [6, 6.07) is 7.98. The molecule has 1 aromatic rings. The Hall–Kier alpha value is -1.53. The van der Waals surface area contributed by atoms with Gasteiger partial charge in [0.1, 0.15) is 17.7 Å². The molecule has 5 rings (SSSR count). The lowest BCUT2D eigenvalue weighted by Gasteiger charge is -2.41. The van der Waals surface area contributed by atoms with Crippen LogP contribution >= 0.6 is 11.8 Å². The number of anilines is 1. The van der Waals surface area contributed by atoms with Gasteiger partial charge in [0.05, 0.1) is 7.11 Å². The van der Waals surface area contributed by atoms with Crippen LogP contribution in [0.2, 0.25) is 0 Å². The van der Waals surface area contributed by atoms with Crippen LogP contribution in [0.3, 0.4) is 0 Å². The summed E-state index contributed by atoms with van der Waals surface area (Å²) >= 11 is 1.80. The van der Waals surface area contributed by atoms with Crippen molar-refractivity contribution in [1.29, 1.82) is 0 Å². The maximum Gasteiger partial charge on any atom is 0.323 e. The first-order valence-corrected chi connectivity index (χ1v) is 11.3. The first kappa shape index (κ1) is 17.6. The second kappa shape index (κ2) is 5.98. The molecule has 1 amide bonds. The number of hydrogen-bond acceptors (Lipinski definition) is 5. The van der Waals surface area contributed by atoms with Crippen LogP contribution in [0.5, 0.6) is 0 Å². The van der Waals surface area contributed by atoms with E-state index < -0.39 is 5.54 Å². The molecular formula is C21H26N2O3S. The molecule has 3 atom stereocenters. The van der Waals surface area contributed by atoms with E-state index in [4.69, 9.17) is 4.74 Å². The quantitative estimate of drug-likeness (QED) is 0.748. The largest absolute Gasteiger partial charge is 0.468 e. The number of thioether (sulfide) groups is 1. The second-order valence-corrected chi connectivity index (χ2v) is 9.26. The van der Waals surface area contributed by atoms with E-state index in [-0.39, 0.29) is 29.5 Å². The zero-order valence-corrected chi connectivity index (χ0v) is 16.8. The molecular weight excluding hydrogens is 360 g/mol. The molecule has 1 aromatic carbocycles. The molecule has 0 radical (unpaired) electrons. The van der Waals surface area contributed by atoms with Gasteiger partial charge in [0.2, 0.25) is 5.91 Å². The average molecular weight is 387 g/mol. The number of nitrogens with zero attached hydrogens (tertiary/aromatic N) is 2. The number of fused-ring (bicyclic) bond motifs is 4. The predicted octanol–water partition coefficient (Wildman–Crippen LogP) is 2.92. The highest BCUT2D eigenvalue weighted by Gasteiger charge is 2.73. The Morgan fingerprint density at radius 3 is 2.70 bits per heavy atom. The number of para-hydroxylation sites is 1. The molecule has 3 fully saturated rings. The molecule has 0 aromatic heterocycles. The van der Waals surface area contributed by atoms with Crippen LogP contribution in [0, 0.1) is 0 Å². The molecule has 2 saturated heterocycles. The van der Waals surface area contributed by atoms with E-state index in [2.05, 4.69) is 29.4 Å². The normalized spacial score (nSPS) is 33.4. The lowest BCUT2D eigenvalue weighted by atomic mass is 9.79. The molecule has 0 unspecified atom stereocenters. The fourth-order valence-electron chi connectivity index (χ4n) is 6.34. The fraction of sp³-hybridized carbons (Fsp3) is 0.619. The van der Waals surface area contributed by atoms with Crippen molar-refractivity contribution in [3.8, 4) is 0 Å². The Balaban J connectivity index is 1.74. The number of carbonyl (C=O) groups excluding carboxylic acids is 2. The van der Waals surface area contributed by atoms with Crippen LogP contribution in [-0.2, 0) is 19.7 Å². The summed E-state index contributed by atoms with van der Waals surface area (Å²) in [5.74, 6) is 0.914. The van der Waals surface area contributed by atoms with E-state index in [0.29, 0.717) is 0 Å². The number of methoxy groups -OCH3 is 1. The molecule has 6 heteroatoms. The molecule has 0 N–H and O–H groups in total. The third kappa shape index (κ3) is 2.01. The molecule has 1 aliphatic carbocycles. The van der Waals surface area contributed by atoms with Crippen LogP contribution in [0.4, 0.5) is 5.69 Å². The summed E-state index contributed by atoms with van der Waals surface area (Å²) in [6.45, 7) is 0. The zero-order valence-electron chi connectivity index (χ0n) is 15.9. The van der Waals surface area contributed by atoms with Gasteiger partial charge in [-0.15, -0.1) is 0 Å². The van der Waals surface area contributed by atoms with E-state index >= 15 is 0 Å². The van der Waals surface area contributed by atoms with Gasteiger partial charge in [-0.1, -0.05) is 37.5 Å². The summed E-state index contributed by atoms with van der Waals surface area (Å²) < 4.78 is 5.21. The minimum Gasteiger partial charge on any atom is -0.468 e. The summed E-state index contributed by atoms with van der Waals surface area (Å²) in [5, 5.41) is 0. The van der Waals surface area contributed by atoms with Gasteiger partial charge in [-0.3, -0.25) is 19.4 Å². The van der Waals surface area contributed by atoms with E-state index in [1.165, 1.54) is 19.1 Å². The van der Waals surface area contributed by atoms with Gasteiger partial charge >= 0.3 is 5.97 Å². The zero-order chi connectivity index (χ0) is 18.8. The van der Waals surface area contributed by atoms with Gasteiger partial charge in [0.25, 0.3) is 0 Å². The highest BCUT2D eigenvalue weighted by molar-refractivity contribution is 7.98. The fourth-order valence-corrected chi connectivity index (χ4v) is 7.28. The van der Waals surface area contributed by atoms with E-state index in [1.54, 1.807) is 11.8 Å². The predicted molar refractivity (Wildman–Crippen MR) is 106 cm³/mol. The summed E-state index contributed by atoms with van der Waals surface area (Å²) in [6.07, 6.45) is 7.76. The van der Waals surface area contributed by atoms with Crippen LogP contribution in [0.25, 0.3) is 0 Å². The minimum absolute atomic E-state index is 0.0583. The monoisotopic (exact) mass is 386 g/mol. The third-order valence-corrected chi connectivity index (χ3v) is 8.07. The Labute approximate surface area is 164 Å². The number of amides is 1. The molecule has 5 nitrogen and oxygen atoms in total. The summed E-state index contributed by atoms with van der Waals surface area (Å²) in [7, 11) is 1.47. The van der Waals surface area contributed by atoms with Crippen molar-refractivity contribution >= 4 is 29.3 Å². The molecule has 1 saturated carbocycles. The van der Waals surface area contributed by atoms with Crippen LogP contribution in [0.1, 0.15) is 44.1 Å². The Bertz CT molecular complexity index is 806. The number of ether oxygens (including phenoxy) is 1. The van der Waals surface area contributed by atoms with Gasteiger partial charge in [-0.2, -0.15) is 11.8 Å². The van der Waals surface area contributed by atoms with Crippen molar-refractivity contribution in [1.82, 2.24) is 4.90 Å². The van der Waals surface area contributed by atoms with Gasteiger partial charge in [-0.05, 0) is 37.1 Å². The third-order valence-electron chi connectivity index (χ3n) is 7.26. The Kier molecular flexibility index (Phi) is 3.89. The molecule has 1 spiro atoms.